The Balaban J connectivity index is 0.00000169. The number of piperazine rings is 1. The average Bonchev–Trinajstić information content (AvgIpc) is 2.67. The van der Waals surface area contributed by atoms with E-state index in [4.69, 9.17) is 0 Å². The van der Waals surface area contributed by atoms with E-state index in [9.17, 15) is 4.79 Å². The molecule has 2 fully saturated rings. The Hall–Kier alpha value is -1.15. The molecule has 0 aliphatic carbocycles. The smallest absolute Gasteiger partial charge is 0.225 e. The van der Waals surface area contributed by atoms with Crippen LogP contribution in [0.25, 0.3) is 0 Å². The summed E-state index contributed by atoms with van der Waals surface area (Å²) in [7, 11) is 2.02. The van der Waals surface area contributed by atoms with Crippen LogP contribution >= 0.6 is 24.8 Å². The Kier molecular flexibility index (Phi) is 10.2. The summed E-state index contributed by atoms with van der Waals surface area (Å²) in [6, 6.07) is 2.39. The first-order valence-corrected chi connectivity index (χ1v) is 8.95. The molecule has 0 saturated carbocycles. The number of nitrogens with zero attached hydrogens (tertiary/aromatic N) is 5. The Bertz CT molecular complexity index is 527. The number of hydrogen-bond acceptors (Lipinski definition) is 6. The summed E-state index contributed by atoms with van der Waals surface area (Å²) in [5.41, 5.74) is 0. The van der Waals surface area contributed by atoms with Crippen LogP contribution in [-0.4, -0.2) is 84.6 Å². The van der Waals surface area contributed by atoms with E-state index in [0.29, 0.717) is 12.5 Å². The van der Waals surface area contributed by atoms with Crippen molar-refractivity contribution in [1.82, 2.24) is 25.1 Å². The molecular weight excluding hydrogens is 375 g/mol. The van der Waals surface area contributed by atoms with Crippen LogP contribution in [0.2, 0.25) is 0 Å². The van der Waals surface area contributed by atoms with Gasteiger partial charge in [-0.1, -0.05) is 0 Å². The molecule has 3 heterocycles. The summed E-state index contributed by atoms with van der Waals surface area (Å²) in [5, 5.41) is 3.35. The van der Waals surface area contributed by atoms with Gasteiger partial charge < -0.3 is 20.0 Å². The van der Waals surface area contributed by atoms with E-state index in [1.807, 2.05) is 18.0 Å². The van der Waals surface area contributed by atoms with E-state index in [2.05, 4.69) is 25.1 Å². The van der Waals surface area contributed by atoms with Gasteiger partial charge in [0.1, 0.15) is 0 Å². The minimum absolute atomic E-state index is 0. The standard InChI is InChI=1S/C17H28N6O.2ClH/c1-18-15-4-2-8-21(14-15)9-5-16(24)22-10-12-23(13-11-22)17-19-6-3-7-20-17;;/h3,6-7,15,18H,2,4-5,8-14H2,1H3;2*1H. The number of amides is 1. The highest BCUT2D eigenvalue weighted by molar-refractivity contribution is 5.85. The predicted octanol–water partition coefficient (Wildman–Crippen LogP) is 1.04. The number of carbonyl (C=O) groups excluding carboxylic acids is 1. The minimum Gasteiger partial charge on any atom is -0.339 e. The van der Waals surface area contributed by atoms with Gasteiger partial charge in [-0.15, -0.1) is 24.8 Å². The molecule has 0 radical (unpaired) electrons. The molecule has 0 spiro atoms. The fraction of sp³-hybridized carbons (Fsp3) is 0.706. The van der Waals surface area contributed by atoms with Gasteiger partial charge in [0, 0.05) is 64.1 Å². The largest absolute Gasteiger partial charge is 0.339 e. The topological polar surface area (TPSA) is 64.6 Å². The summed E-state index contributed by atoms with van der Waals surface area (Å²) in [6.45, 7) is 6.18. The van der Waals surface area contributed by atoms with Crippen molar-refractivity contribution >= 4 is 36.7 Å². The van der Waals surface area contributed by atoms with Crippen molar-refractivity contribution < 1.29 is 4.79 Å². The molecule has 0 aromatic carbocycles. The highest BCUT2D eigenvalue weighted by Crippen LogP contribution is 2.13. The van der Waals surface area contributed by atoms with Crippen LogP contribution in [0.3, 0.4) is 0 Å². The van der Waals surface area contributed by atoms with E-state index in [0.717, 1.165) is 51.8 Å². The van der Waals surface area contributed by atoms with Crippen molar-refractivity contribution in [2.24, 2.45) is 0 Å². The number of halogens is 2. The highest BCUT2D eigenvalue weighted by Gasteiger charge is 2.24. The van der Waals surface area contributed by atoms with Crippen LogP contribution in [0.15, 0.2) is 18.5 Å². The fourth-order valence-electron chi connectivity index (χ4n) is 3.52. The monoisotopic (exact) mass is 404 g/mol. The molecule has 1 atom stereocenters. The molecule has 7 nitrogen and oxygen atoms in total. The van der Waals surface area contributed by atoms with E-state index in [1.165, 1.54) is 12.8 Å². The lowest BCUT2D eigenvalue weighted by Crippen LogP contribution is -2.50. The Labute approximate surface area is 168 Å². The van der Waals surface area contributed by atoms with Gasteiger partial charge in [-0.2, -0.15) is 0 Å². The molecule has 1 aromatic rings. The maximum atomic E-state index is 12.5. The van der Waals surface area contributed by atoms with Crippen molar-refractivity contribution in [1.29, 1.82) is 0 Å². The lowest BCUT2D eigenvalue weighted by Gasteiger charge is -2.36. The van der Waals surface area contributed by atoms with E-state index in [-0.39, 0.29) is 30.7 Å². The minimum atomic E-state index is 0. The average molecular weight is 405 g/mol. The number of likely N-dealkylation sites (tertiary alicyclic amines) is 1. The number of nitrogens with one attached hydrogen (secondary N) is 1. The van der Waals surface area contributed by atoms with Crippen molar-refractivity contribution in [3.05, 3.63) is 18.5 Å². The third-order valence-corrected chi connectivity index (χ3v) is 5.02. The second-order valence-electron chi connectivity index (χ2n) is 6.60. The predicted molar refractivity (Wildman–Crippen MR) is 108 cm³/mol. The van der Waals surface area contributed by atoms with E-state index >= 15 is 0 Å². The zero-order valence-corrected chi connectivity index (χ0v) is 17.0. The van der Waals surface area contributed by atoms with Gasteiger partial charge in [-0.05, 0) is 32.5 Å². The number of likely N-dealkylation sites (N-methyl/N-ethyl adjacent to an activating group) is 1. The lowest BCUT2D eigenvalue weighted by molar-refractivity contribution is -0.131. The first-order chi connectivity index (χ1) is 11.8. The Morgan fingerprint density at radius 2 is 1.85 bits per heavy atom. The van der Waals surface area contributed by atoms with Crippen LogP contribution in [0.1, 0.15) is 19.3 Å². The van der Waals surface area contributed by atoms with Gasteiger partial charge in [0.15, 0.2) is 0 Å². The van der Waals surface area contributed by atoms with Crippen molar-refractivity contribution in [3.63, 3.8) is 0 Å². The zero-order valence-electron chi connectivity index (χ0n) is 15.3. The number of piperidine rings is 1. The number of anilines is 1. The van der Waals surface area contributed by atoms with Gasteiger partial charge >= 0.3 is 0 Å². The second kappa shape index (κ2) is 11.5. The van der Waals surface area contributed by atoms with Gasteiger partial charge in [-0.3, -0.25) is 4.79 Å². The maximum absolute atomic E-state index is 12.5. The van der Waals surface area contributed by atoms with Crippen molar-refractivity contribution in [3.8, 4) is 0 Å². The van der Waals surface area contributed by atoms with Crippen LogP contribution in [0, 0.1) is 0 Å². The van der Waals surface area contributed by atoms with Crippen LogP contribution in [-0.2, 0) is 4.79 Å². The molecule has 26 heavy (non-hydrogen) atoms. The third-order valence-electron chi connectivity index (χ3n) is 5.02. The fourth-order valence-corrected chi connectivity index (χ4v) is 3.52. The maximum Gasteiger partial charge on any atom is 0.225 e. The normalized spacial score (nSPS) is 20.9. The van der Waals surface area contributed by atoms with Crippen LogP contribution in [0.5, 0.6) is 0 Å². The molecule has 1 amide bonds. The number of carbonyl (C=O) groups is 1. The quantitative estimate of drug-likeness (QED) is 0.790. The molecule has 1 unspecified atom stereocenters. The highest BCUT2D eigenvalue weighted by atomic mass is 35.5. The Morgan fingerprint density at radius 3 is 2.50 bits per heavy atom. The summed E-state index contributed by atoms with van der Waals surface area (Å²) in [4.78, 5) is 27.6. The lowest BCUT2D eigenvalue weighted by atomic mass is 10.1. The van der Waals surface area contributed by atoms with Crippen LogP contribution in [0.4, 0.5) is 5.95 Å². The van der Waals surface area contributed by atoms with Gasteiger partial charge in [-0.25, -0.2) is 9.97 Å². The van der Waals surface area contributed by atoms with Gasteiger partial charge in [0.25, 0.3) is 0 Å². The van der Waals surface area contributed by atoms with Gasteiger partial charge in [0.2, 0.25) is 11.9 Å². The molecule has 1 aromatic heterocycles. The molecule has 3 rings (SSSR count). The molecule has 148 valence electrons. The summed E-state index contributed by atoms with van der Waals surface area (Å²) in [5.74, 6) is 1.03. The number of hydrogen-bond donors (Lipinski definition) is 1. The molecule has 9 heteroatoms. The van der Waals surface area contributed by atoms with Gasteiger partial charge in [0.05, 0.1) is 0 Å². The molecule has 2 aliphatic rings. The summed E-state index contributed by atoms with van der Waals surface area (Å²) < 4.78 is 0. The Morgan fingerprint density at radius 1 is 1.15 bits per heavy atom. The first-order valence-electron chi connectivity index (χ1n) is 8.95. The second-order valence-corrected chi connectivity index (χ2v) is 6.60. The van der Waals surface area contributed by atoms with Crippen LogP contribution < -0.4 is 10.2 Å². The molecule has 1 N–H and O–H groups in total. The molecule has 2 saturated heterocycles. The summed E-state index contributed by atoms with van der Waals surface area (Å²) in [6.07, 6.45) is 6.60. The number of aromatic nitrogens is 2. The van der Waals surface area contributed by atoms with Crippen molar-refractivity contribution in [2.75, 3.05) is 57.8 Å². The SMILES string of the molecule is CNC1CCCN(CCC(=O)N2CCN(c3ncccn3)CC2)C1.Cl.Cl. The molecule has 0 bridgehead atoms. The zero-order chi connectivity index (χ0) is 16.8. The molecular formula is C17H30Cl2N6O. The first kappa shape index (κ1) is 22.9. The summed E-state index contributed by atoms with van der Waals surface area (Å²) >= 11 is 0. The van der Waals surface area contributed by atoms with E-state index < -0.39 is 0 Å². The van der Waals surface area contributed by atoms with E-state index in [1.54, 1.807) is 12.4 Å². The number of rotatable bonds is 5. The third kappa shape index (κ3) is 6.23. The molecule has 2 aliphatic heterocycles. The van der Waals surface area contributed by atoms with Crippen molar-refractivity contribution in [2.45, 2.75) is 25.3 Å².